The van der Waals surface area contributed by atoms with E-state index in [4.69, 9.17) is 0 Å². The van der Waals surface area contributed by atoms with Crippen molar-refractivity contribution < 1.29 is 14.4 Å². The molecule has 1 saturated heterocycles. The molecular formula is C13H16N4O3. The molecule has 1 aromatic rings. The first-order valence-corrected chi connectivity index (χ1v) is 6.36. The zero-order valence-electron chi connectivity index (χ0n) is 11.3. The fraction of sp³-hybridized carbons (Fsp3) is 0.385. The van der Waals surface area contributed by atoms with E-state index in [1.54, 1.807) is 32.2 Å². The highest BCUT2D eigenvalue weighted by atomic mass is 16.2. The van der Waals surface area contributed by atoms with Crippen molar-refractivity contribution in [2.75, 3.05) is 18.9 Å². The average molecular weight is 276 g/mol. The van der Waals surface area contributed by atoms with Gasteiger partial charge in [0.15, 0.2) is 0 Å². The fourth-order valence-electron chi connectivity index (χ4n) is 2.13. The summed E-state index contributed by atoms with van der Waals surface area (Å²) in [6.45, 7) is 1.66. The Kier molecular flexibility index (Phi) is 3.97. The van der Waals surface area contributed by atoms with Crippen molar-refractivity contribution in [3.63, 3.8) is 0 Å². The Bertz CT molecular complexity index is 558. The summed E-state index contributed by atoms with van der Waals surface area (Å²) in [6, 6.07) is 4.34. The molecule has 2 heterocycles. The number of carbonyl (C=O) groups excluding carboxylic acids is 3. The van der Waals surface area contributed by atoms with Crippen LogP contribution in [-0.4, -0.2) is 47.2 Å². The van der Waals surface area contributed by atoms with E-state index in [0.29, 0.717) is 12.2 Å². The molecule has 1 fully saturated rings. The lowest BCUT2D eigenvalue weighted by molar-refractivity contribution is -0.138. The average Bonchev–Trinajstić information content (AvgIpc) is 2.45. The highest BCUT2D eigenvalue weighted by Gasteiger charge is 2.36. The molecule has 7 nitrogen and oxygen atoms in total. The number of piperazine rings is 1. The first kappa shape index (κ1) is 14.0. The van der Waals surface area contributed by atoms with E-state index >= 15 is 0 Å². The molecular weight excluding hydrogens is 260 g/mol. The number of hydrogen-bond acceptors (Lipinski definition) is 5. The van der Waals surface area contributed by atoms with E-state index in [9.17, 15) is 14.4 Å². The molecule has 0 bridgehead atoms. The third kappa shape index (κ3) is 2.61. The molecule has 2 N–H and O–H groups in total. The van der Waals surface area contributed by atoms with Crippen LogP contribution in [0.4, 0.5) is 5.82 Å². The van der Waals surface area contributed by atoms with Gasteiger partial charge in [0, 0.05) is 7.05 Å². The topological polar surface area (TPSA) is 91.4 Å². The molecule has 1 atom stereocenters. The second kappa shape index (κ2) is 5.68. The van der Waals surface area contributed by atoms with Gasteiger partial charge in [-0.3, -0.25) is 19.7 Å². The van der Waals surface area contributed by atoms with Crippen LogP contribution in [0.25, 0.3) is 0 Å². The van der Waals surface area contributed by atoms with Gasteiger partial charge in [-0.25, -0.2) is 4.98 Å². The lowest BCUT2D eigenvalue weighted by atomic mass is 10.1. The highest BCUT2D eigenvalue weighted by molar-refractivity contribution is 6.06. The summed E-state index contributed by atoms with van der Waals surface area (Å²) in [5, 5.41) is 5.07. The maximum absolute atomic E-state index is 12.4. The zero-order valence-corrected chi connectivity index (χ0v) is 11.3. The molecule has 7 heteroatoms. The standard InChI is InChI=1S/C13H16N4O3/c1-3-9-12(19)16-11(18)7-17(9)13(20)8-5-4-6-10(14-2)15-8/h4-6,9H,3,7H2,1-2H3,(H,14,15)(H,16,18,19). The number of nitrogens with one attached hydrogen (secondary N) is 2. The summed E-state index contributed by atoms with van der Waals surface area (Å²) in [5.41, 5.74) is 0.206. The van der Waals surface area contributed by atoms with Crippen molar-refractivity contribution in [2.24, 2.45) is 0 Å². The Hall–Kier alpha value is -2.44. The molecule has 0 saturated carbocycles. The third-order valence-electron chi connectivity index (χ3n) is 3.13. The molecule has 0 aliphatic carbocycles. The summed E-state index contributed by atoms with van der Waals surface area (Å²) < 4.78 is 0. The normalized spacial score (nSPS) is 18.7. The number of imide groups is 1. The van der Waals surface area contributed by atoms with Crippen molar-refractivity contribution in [1.82, 2.24) is 15.2 Å². The van der Waals surface area contributed by atoms with Crippen LogP contribution in [0, 0.1) is 0 Å². The smallest absolute Gasteiger partial charge is 0.273 e. The number of aromatic nitrogens is 1. The van der Waals surface area contributed by atoms with E-state index in [2.05, 4.69) is 15.6 Å². The number of pyridine rings is 1. The van der Waals surface area contributed by atoms with Crippen LogP contribution in [0.5, 0.6) is 0 Å². The van der Waals surface area contributed by atoms with Crippen molar-refractivity contribution in [3.8, 4) is 0 Å². The monoisotopic (exact) mass is 276 g/mol. The number of rotatable bonds is 3. The van der Waals surface area contributed by atoms with Gasteiger partial charge in [0.25, 0.3) is 5.91 Å². The Morgan fingerprint density at radius 1 is 1.50 bits per heavy atom. The van der Waals surface area contributed by atoms with Crippen LogP contribution >= 0.6 is 0 Å². The predicted molar refractivity (Wildman–Crippen MR) is 72.0 cm³/mol. The molecule has 1 unspecified atom stereocenters. The SMILES string of the molecule is CCC1C(=O)NC(=O)CN1C(=O)c1cccc(NC)n1. The molecule has 0 aromatic carbocycles. The minimum atomic E-state index is -0.639. The molecule has 1 aliphatic rings. The quantitative estimate of drug-likeness (QED) is 0.758. The van der Waals surface area contributed by atoms with Gasteiger partial charge in [-0.2, -0.15) is 0 Å². The summed E-state index contributed by atoms with van der Waals surface area (Å²) in [7, 11) is 1.70. The molecule has 0 spiro atoms. The number of hydrogen-bond donors (Lipinski definition) is 2. The van der Waals surface area contributed by atoms with E-state index < -0.39 is 23.8 Å². The summed E-state index contributed by atoms with van der Waals surface area (Å²) in [6.07, 6.45) is 0.441. The largest absolute Gasteiger partial charge is 0.373 e. The van der Waals surface area contributed by atoms with E-state index in [1.807, 2.05) is 0 Å². The van der Waals surface area contributed by atoms with Gasteiger partial charge in [-0.15, -0.1) is 0 Å². The second-order valence-corrected chi connectivity index (χ2v) is 4.43. The van der Waals surface area contributed by atoms with Crippen LogP contribution in [0.3, 0.4) is 0 Å². The summed E-state index contributed by atoms with van der Waals surface area (Å²) in [5.74, 6) is -0.784. The van der Waals surface area contributed by atoms with Crippen LogP contribution < -0.4 is 10.6 Å². The third-order valence-corrected chi connectivity index (χ3v) is 3.13. The molecule has 3 amide bonds. The maximum atomic E-state index is 12.4. The lowest BCUT2D eigenvalue weighted by Gasteiger charge is -2.33. The van der Waals surface area contributed by atoms with Crippen LogP contribution in [-0.2, 0) is 9.59 Å². The fourth-order valence-corrected chi connectivity index (χ4v) is 2.13. The molecule has 20 heavy (non-hydrogen) atoms. The van der Waals surface area contributed by atoms with Crippen molar-refractivity contribution in [3.05, 3.63) is 23.9 Å². The molecule has 106 valence electrons. The van der Waals surface area contributed by atoms with Gasteiger partial charge >= 0.3 is 0 Å². The molecule has 1 aromatic heterocycles. The van der Waals surface area contributed by atoms with Crippen molar-refractivity contribution in [2.45, 2.75) is 19.4 Å². The van der Waals surface area contributed by atoms with Crippen LogP contribution in [0.15, 0.2) is 18.2 Å². The Morgan fingerprint density at radius 3 is 2.90 bits per heavy atom. The van der Waals surface area contributed by atoms with Crippen molar-refractivity contribution >= 4 is 23.5 Å². The first-order valence-electron chi connectivity index (χ1n) is 6.36. The Morgan fingerprint density at radius 2 is 2.25 bits per heavy atom. The maximum Gasteiger partial charge on any atom is 0.273 e. The van der Waals surface area contributed by atoms with E-state index in [-0.39, 0.29) is 12.2 Å². The first-order chi connectivity index (χ1) is 9.56. The van der Waals surface area contributed by atoms with Gasteiger partial charge in [-0.1, -0.05) is 13.0 Å². The predicted octanol–water partition coefficient (Wildman–Crippen LogP) is 0.000500. The van der Waals surface area contributed by atoms with Gasteiger partial charge in [0.2, 0.25) is 11.8 Å². The Labute approximate surface area is 116 Å². The summed E-state index contributed by atoms with van der Waals surface area (Å²) >= 11 is 0. The Balaban J connectivity index is 2.29. The highest BCUT2D eigenvalue weighted by Crippen LogP contribution is 2.14. The van der Waals surface area contributed by atoms with Gasteiger partial charge in [0.1, 0.15) is 24.1 Å². The van der Waals surface area contributed by atoms with Gasteiger partial charge in [-0.05, 0) is 18.6 Å². The van der Waals surface area contributed by atoms with Gasteiger partial charge in [0.05, 0.1) is 0 Å². The van der Waals surface area contributed by atoms with Gasteiger partial charge < -0.3 is 10.2 Å². The minimum Gasteiger partial charge on any atom is -0.373 e. The molecule has 1 aliphatic heterocycles. The van der Waals surface area contributed by atoms with Crippen LogP contribution in [0.2, 0.25) is 0 Å². The van der Waals surface area contributed by atoms with E-state index in [1.165, 1.54) is 4.90 Å². The van der Waals surface area contributed by atoms with Crippen LogP contribution in [0.1, 0.15) is 23.8 Å². The number of nitrogens with zero attached hydrogens (tertiary/aromatic N) is 2. The molecule has 2 rings (SSSR count). The van der Waals surface area contributed by atoms with Crippen molar-refractivity contribution in [1.29, 1.82) is 0 Å². The summed E-state index contributed by atoms with van der Waals surface area (Å²) in [4.78, 5) is 41.0. The minimum absolute atomic E-state index is 0.130. The number of carbonyl (C=O) groups is 3. The van der Waals surface area contributed by atoms with E-state index in [0.717, 1.165) is 0 Å². The second-order valence-electron chi connectivity index (χ2n) is 4.43. The molecule has 0 radical (unpaired) electrons. The zero-order chi connectivity index (χ0) is 14.7. The number of amides is 3. The lowest BCUT2D eigenvalue weighted by Crippen LogP contribution is -2.59. The number of anilines is 1.